The summed E-state index contributed by atoms with van der Waals surface area (Å²) in [5.41, 5.74) is 0. The number of carbonyl (C=O) groups is 2. The minimum atomic E-state index is 0.0319. The van der Waals surface area contributed by atoms with Gasteiger partial charge in [0.2, 0.25) is 5.91 Å². The van der Waals surface area contributed by atoms with Crippen LogP contribution in [0.5, 0.6) is 0 Å². The van der Waals surface area contributed by atoms with Crippen molar-refractivity contribution in [3.05, 3.63) is 12.2 Å². The SMILES string of the molecule is CC(=O)/C=C/CN(C)CC(=O)N1CC2CCC(C1)O2. The summed E-state index contributed by atoms with van der Waals surface area (Å²) in [6.07, 6.45) is 5.96. The Hall–Kier alpha value is -1.20. The fourth-order valence-corrected chi connectivity index (χ4v) is 2.61. The van der Waals surface area contributed by atoms with Crippen LogP contribution in [-0.4, -0.2) is 66.9 Å². The molecule has 5 heteroatoms. The van der Waals surface area contributed by atoms with Gasteiger partial charge in [0.1, 0.15) is 0 Å². The van der Waals surface area contributed by atoms with E-state index in [1.54, 1.807) is 6.08 Å². The normalized spacial score (nSPS) is 26.4. The minimum Gasteiger partial charge on any atom is -0.371 e. The average Bonchev–Trinajstić information content (AvgIpc) is 2.67. The largest absolute Gasteiger partial charge is 0.371 e. The van der Waals surface area contributed by atoms with Crippen LogP contribution in [0.4, 0.5) is 0 Å². The van der Waals surface area contributed by atoms with Crippen LogP contribution < -0.4 is 0 Å². The summed E-state index contributed by atoms with van der Waals surface area (Å²) in [6.45, 7) is 3.98. The fourth-order valence-electron chi connectivity index (χ4n) is 2.61. The van der Waals surface area contributed by atoms with Gasteiger partial charge in [0.05, 0.1) is 18.8 Å². The molecule has 0 spiro atoms. The highest BCUT2D eigenvalue weighted by molar-refractivity contribution is 5.87. The Labute approximate surface area is 114 Å². The summed E-state index contributed by atoms with van der Waals surface area (Å²) in [5, 5.41) is 0. The first-order chi connectivity index (χ1) is 9.04. The predicted molar refractivity (Wildman–Crippen MR) is 71.8 cm³/mol. The molecule has 19 heavy (non-hydrogen) atoms. The van der Waals surface area contributed by atoms with Crippen LogP contribution in [0.3, 0.4) is 0 Å². The van der Waals surface area contributed by atoms with Gasteiger partial charge in [0.15, 0.2) is 5.78 Å². The van der Waals surface area contributed by atoms with E-state index in [0.717, 1.165) is 25.9 Å². The fraction of sp³-hybridized carbons (Fsp3) is 0.714. The zero-order valence-electron chi connectivity index (χ0n) is 11.7. The van der Waals surface area contributed by atoms with Gasteiger partial charge in [0.25, 0.3) is 0 Å². The van der Waals surface area contributed by atoms with Gasteiger partial charge in [0, 0.05) is 19.6 Å². The van der Waals surface area contributed by atoms with E-state index in [9.17, 15) is 9.59 Å². The lowest BCUT2D eigenvalue weighted by molar-refractivity contribution is -0.140. The molecule has 2 unspecified atom stereocenters. The van der Waals surface area contributed by atoms with Crippen LogP contribution in [0.2, 0.25) is 0 Å². The molecule has 5 nitrogen and oxygen atoms in total. The highest BCUT2D eigenvalue weighted by Crippen LogP contribution is 2.26. The Morgan fingerprint density at radius 1 is 1.32 bits per heavy atom. The van der Waals surface area contributed by atoms with Gasteiger partial charge in [-0.2, -0.15) is 0 Å². The third-order valence-electron chi connectivity index (χ3n) is 3.57. The molecule has 2 saturated heterocycles. The topological polar surface area (TPSA) is 49.9 Å². The first-order valence-corrected chi connectivity index (χ1v) is 6.83. The molecule has 106 valence electrons. The van der Waals surface area contributed by atoms with E-state index in [-0.39, 0.29) is 23.9 Å². The Morgan fingerprint density at radius 2 is 1.95 bits per heavy atom. The number of carbonyl (C=O) groups excluding carboxylic acids is 2. The van der Waals surface area contributed by atoms with Gasteiger partial charge in [-0.05, 0) is 32.9 Å². The van der Waals surface area contributed by atoms with Crippen molar-refractivity contribution < 1.29 is 14.3 Å². The number of likely N-dealkylation sites (tertiary alicyclic amines) is 1. The molecule has 0 aromatic carbocycles. The molecule has 2 fully saturated rings. The lowest BCUT2D eigenvalue weighted by atomic mass is 10.2. The zero-order valence-corrected chi connectivity index (χ0v) is 11.7. The zero-order chi connectivity index (χ0) is 13.8. The predicted octanol–water partition coefficient (Wildman–Crippen LogP) is 0.453. The molecule has 0 radical (unpaired) electrons. The van der Waals surface area contributed by atoms with Crippen molar-refractivity contribution in [2.45, 2.75) is 32.0 Å². The number of amides is 1. The number of fused-ring (bicyclic) bond motifs is 2. The number of hydrogen-bond acceptors (Lipinski definition) is 4. The number of ketones is 1. The van der Waals surface area contributed by atoms with E-state index in [2.05, 4.69) is 0 Å². The second kappa shape index (κ2) is 6.30. The molecule has 0 aliphatic carbocycles. The monoisotopic (exact) mass is 266 g/mol. The summed E-state index contributed by atoms with van der Waals surface area (Å²) < 4.78 is 5.72. The lowest BCUT2D eigenvalue weighted by Crippen LogP contribution is -2.48. The van der Waals surface area contributed by atoms with Crippen molar-refractivity contribution >= 4 is 11.7 Å². The summed E-state index contributed by atoms with van der Waals surface area (Å²) in [5.74, 6) is 0.184. The van der Waals surface area contributed by atoms with Crippen LogP contribution in [0.15, 0.2) is 12.2 Å². The number of likely N-dealkylation sites (N-methyl/N-ethyl adjacent to an activating group) is 1. The number of nitrogens with zero attached hydrogens (tertiary/aromatic N) is 2. The van der Waals surface area contributed by atoms with Gasteiger partial charge >= 0.3 is 0 Å². The van der Waals surface area contributed by atoms with Crippen molar-refractivity contribution in [3.8, 4) is 0 Å². The molecule has 2 heterocycles. The van der Waals surface area contributed by atoms with Gasteiger partial charge in [-0.3, -0.25) is 14.5 Å². The van der Waals surface area contributed by atoms with Crippen molar-refractivity contribution in [3.63, 3.8) is 0 Å². The molecular formula is C14H22N2O3. The number of rotatable bonds is 5. The maximum atomic E-state index is 12.2. The Morgan fingerprint density at radius 3 is 2.53 bits per heavy atom. The molecule has 2 aliphatic heterocycles. The molecule has 0 saturated carbocycles. The summed E-state index contributed by atoms with van der Waals surface area (Å²) in [7, 11) is 1.89. The minimum absolute atomic E-state index is 0.0319. The quantitative estimate of drug-likeness (QED) is 0.678. The van der Waals surface area contributed by atoms with Crippen LogP contribution in [0, 0.1) is 0 Å². The number of ether oxygens (including phenoxy) is 1. The van der Waals surface area contributed by atoms with Gasteiger partial charge in [-0.25, -0.2) is 0 Å². The molecule has 0 aromatic rings. The second-order valence-electron chi connectivity index (χ2n) is 5.47. The van der Waals surface area contributed by atoms with Gasteiger partial charge in [-0.15, -0.1) is 0 Å². The standard InChI is InChI=1S/C14H22N2O3/c1-11(17)4-3-7-15(2)10-14(18)16-8-12-5-6-13(9-16)19-12/h3-4,12-13H,5-10H2,1-2H3/b4-3+. The van der Waals surface area contributed by atoms with E-state index in [1.807, 2.05) is 16.8 Å². The summed E-state index contributed by atoms with van der Waals surface area (Å²) >= 11 is 0. The Kier molecular flexibility index (Phi) is 4.71. The van der Waals surface area contributed by atoms with Crippen molar-refractivity contribution in [1.82, 2.24) is 9.80 Å². The van der Waals surface area contributed by atoms with Gasteiger partial charge in [-0.1, -0.05) is 6.08 Å². The number of hydrogen-bond donors (Lipinski definition) is 0. The molecule has 2 atom stereocenters. The van der Waals surface area contributed by atoms with E-state index < -0.39 is 0 Å². The summed E-state index contributed by atoms with van der Waals surface area (Å²) in [4.78, 5) is 26.8. The van der Waals surface area contributed by atoms with Gasteiger partial charge < -0.3 is 9.64 Å². The van der Waals surface area contributed by atoms with Crippen molar-refractivity contribution in [2.75, 3.05) is 33.2 Å². The molecular weight excluding hydrogens is 244 g/mol. The Balaban J connectivity index is 1.76. The maximum absolute atomic E-state index is 12.2. The average molecular weight is 266 g/mol. The third-order valence-corrected chi connectivity index (χ3v) is 3.57. The molecule has 1 amide bonds. The summed E-state index contributed by atoms with van der Waals surface area (Å²) in [6, 6.07) is 0. The molecule has 2 rings (SSSR count). The third kappa shape index (κ3) is 4.14. The van der Waals surface area contributed by atoms with Crippen molar-refractivity contribution in [2.24, 2.45) is 0 Å². The van der Waals surface area contributed by atoms with Crippen LogP contribution >= 0.6 is 0 Å². The first kappa shape index (κ1) is 14.2. The van der Waals surface area contributed by atoms with Crippen LogP contribution in [-0.2, 0) is 14.3 Å². The Bertz CT molecular complexity index is 369. The lowest BCUT2D eigenvalue weighted by Gasteiger charge is -2.33. The molecule has 0 aromatic heterocycles. The molecule has 2 bridgehead atoms. The number of morpholine rings is 1. The maximum Gasteiger partial charge on any atom is 0.236 e. The smallest absolute Gasteiger partial charge is 0.236 e. The van der Waals surface area contributed by atoms with Crippen LogP contribution in [0.1, 0.15) is 19.8 Å². The van der Waals surface area contributed by atoms with E-state index in [4.69, 9.17) is 4.74 Å². The van der Waals surface area contributed by atoms with Crippen LogP contribution in [0.25, 0.3) is 0 Å². The van der Waals surface area contributed by atoms with Crippen molar-refractivity contribution in [1.29, 1.82) is 0 Å². The van der Waals surface area contributed by atoms with E-state index >= 15 is 0 Å². The highest BCUT2D eigenvalue weighted by Gasteiger charge is 2.35. The van der Waals surface area contributed by atoms with E-state index in [1.165, 1.54) is 13.0 Å². The molecule has 0 N–H and O–H groups in total. The van der Waals surface area contributed by atoms with E-state index in [0.29, 0.717) is 13.1 Å². The second-order valence-corrected chi connectivity index (χ2v) is 5.47. The highest BCUT2D eigenvalue weighted by atomic mass is 16.5. The first-order valence-electron chi connectivity index (χ1n) is 6.83. The molecule has 2 aliphatic rings. The number of allylic oxidation sites excluding steroid dienone is 1.